The molecule has 0 atom stereocenters. The van der Waals surface area contributed by atoms with Crippen LogP contribution in [0.15, 0.2) is 89.7 Å². The van der Waals surface area contributed by atoms with Gasteiger partial charge in [0.1, 0.15) is 5.76 Å². The minimum absolute atomic E-state index is 0.0112. The molecule has 0 aliphatic heterocycles. The fraction of sp³-hybridized carbons (Fsp3) is 0.130. The fourth-order valence-corrected chi connectivity index (χ4v) is 3.06. The Hall–Kier alpha value is -3.60. The SMILES string of the molecule is O=C(CCc1ccco1)NCc1cn(-c2ccccc2)nc1-c1ccccc1. The van der Waals surface area contributed by atoms with E-state index in [0.29, 0.717) is 19.4 Å². The van der Waals surface area contributed by atoms with Crippen molar-refractivity contribution in [1.82, 2.24) is 15.1 Å². The summed E-state index contributed by atoms with van der Waals surface area (Å²) in [6.45, 7) is 0.425. The van der Waals surface area contributed by atoms with E-state index in [1.807, 2.05) is 83.7 Å². The first-order valence-corrected chi connectivity index (χ1v) is 9.28. The lowest BCUT2D eigenvalue weighted by atomic mass is 10.1. The van der Waals surface area contributed by atoms with Crippen LogP contribution in [0.25, 0.3) is 16.9 Å². The third-order valence-electron chi connectivity index (χ3n) is 4.51. The molecule has 0 aliphatic rings. The van der Waals surface area contributed by atoms with Gasteiger partial charge in [-0.3, -0.25) is 4.79 Å². The van der Waals surface area contributed by atoms with Crippen LogP contribution in [-0.4, -0.2) is 15.7 Å². The number of rotatable bonds is 7. The zero-order chi connectivity index (χ0) is 19.2. The van der Waals surface area contributed by atoms with Crippen LogP contribution in [-0.2, 0) is 17.8 Å². The number of furan rings is 1. The Bertz CT molecular complexity index is 1020. The van der Waals surface area contributed by atoms with Gasteiger partial charge < -0.3 is 9.73 Å². The van der Waals surface area contributed by atoms with E-state index in [0.717, 1.165) is 28.3 Å². The summed E-state index contributed by atoms with van der Waals surface area (Å²) < 4.78 is 7.14. The number of para-hydroxylation sites is 1. The van der Waals surface area contributed by atoms with Crippen molar-refractivity contribution in [2.75, 3.05) is 0 Å². The van der Waals surface area contributed by atoms with Crippen molar-refractivity contribution < 1.29 is 9.21 Å². The quantitative estimate of drug-likeness (QED) is 0.524. The molecule has 2 aromatic heterocycles. The van der Waals surface area contributed by atoms with E-state index >= 15 is 0 Å². The Balaban J connectivity index is 1.51. The second kappa shape index (κ2) is 8.39. The summed E-state index contributed by atoms with van der Waals surface area (Å²) in [7, 11) is 0. The summed E-state index contributed by atoms with van der Waals surface area (Å²) in [5.74, 6) is 0.805. The molecule has 140 valence electrons. The van der Waals surface area contributed by atoms with Gasteiger partial charge in [-0.05, 0) is 24.3 Å². The van der Waals surface area contributed by atoms with Gasteiger partial charge in [0.15, 0.2) is 0 Å². The maximum Gasteiger partial charge on any atom is 0.220 e. The number of hydrogen-bond acceptors (Lipinski definition) is 3. The van der Waals surface area contributed by atoms with Crippen LogP contribution in [0.1, 0.15) is 17.7 Å². The number of amides is 1. The molecule has 0 saturated carbocycles. The Morgan fingerprint density at radius 2 is 1.71 bits per heavy atom. The Labute approximate surface area is 163 Å². The van der Waals surface area contributed by atoms with Gasteiger partial charge >= 0.3 is 0 Å². The predicted octanol–water partition coefficient (Wildman–Crippen LogP) is 4.38. The molecule has 0 spiro atoms. The maximum absolute atomic E-state index is 12.3. The lowest BCUT2D eigenvalue weighted by molar-refractivity contribution is -0.121. The van der Waals surface area contributed by atoms with Crippen molar-refractivity contribution >= 4 is 5.91 Å². The second-order valence-electron chi connectivity index (χ2n) is 6.51. The molecule has 2 heterocycles. The number of nitrogens with zero attached hydrogens (tertiary/aromatic N) is 2. The summed E-state index contributed by atoms with van der Waals surface area (Å²) >= 11 is 0. The third-order valence-corrected chi connectivity index (χ3v) is 4.51. The number of carbonyl (C=O) groups excluding carboxylic acids is 1. The molecule has 2 aromatic carbocycles. The van der Waals surface area contributed by atoms with Crippen LogP contribution in [0.4, 0.5) is 0 Å². The summed E-state index contributed by atoms with van der Waals surface area (Å²) in [6, 6.07) is 23.7. The highest BCUT2D eigenvalue weighted by Gasteiger charge is 2.13. The first-order chi connectivity index (χ1) is 13.8. The number of nitrogens with one attached hydrogen (secondary N) is 1. The first-order valence-electron chi connectivity index (χ1n) is 9.28. The van der Waals surface area contributed by atoms with E-state index in [-0.39, 0.29) is 5.91 Å². The van der Waals surface area contributed by atoms with Crippen LogP contribution < -0.4 is 5.32 Å². The normalized spacial score (nSPS) is 10.7. The van der Waals surface area contributed by atoms with E-state index in [2.05, 4.69) is 5.32 Å². The van der Waals surface area contributed by atoms with Crippen molar-refractivity contribution in [3.05, 3.63) is 96.6 Å². The minimum Gasteiger partial charge on any atom is -0.469 e. The third kappa shape index (κ3) is 4.20. The Morgan fingerprint density at radius 3 is 2.43 bits per heavy atom. The average molecular weight is 371 g/mol. The number of benzene rings is 2. The van der Waals surface area contributed by atoms with Crippen LogP contribution in [0.5, 0.6) is 0 Å². The van der Waals surface area contributed by atoms with E-state index in [1.54, 1.807) is 6.26 Å². The highest BCUT2D eigenvalue weighted by Crippen LogP contribution is 2.23. The zero-order valence-electron chi connectivity index (χ0n) is 15.4. The van der Waals surface area contributed by atoms with Gasteiger partial charge in [0, 0.05) is 36.7 Å². The molecule has 1 N–H and O–H groups in total. The zero-order valence-corrected chi connectivity index (χ0v) is 15.4. The predicted molar refractivity (Wildman–Crippen MR) is 108 cm³/mol. The molecule has 28 heavy (non-hydrogen) atoms. The molecule has 0 saturated heterocycles. The van der Waals surface area contributed by atoms with Gasteiger partial charge in [-0.15, -0.1) is 0 Å². The van der Waals surface area contributed by atoms with Gasteiger partial charge in [0.05, 0.1) is 17.6 Å². The number of carbonyl (C=O) groups is 1. The lowest BCUT2D eigenvalue weighted by Gasteiger charge is -2.05. The van der Waals surface area contributed by atoms with Crippen molar-refractivity contribution in [3.8, 4) is 16.9 Å². The molecule has 4 aromatic rings. The topological polar surface area (TPSA) is 60.1 Å². The van der Waals surface area contributed by atoms with E-state index in [4.69, 9.17) is 9.52 Å². The van der Waals surface area contributed by atoms with Gasteiger partial charge in [-0.2, -0.15) is 5.10 Å². The van der Waals surface area contributed by atoms with Gasteiger partial charge in [-0.1, -0.05) is 48.5 Å². The largest absolute Gasteiger partial charge is 0.469 e. The van der Waals surface area contributed by atoms with E-state index in [9.17, 15) is 4.79 Å². The highest BCUT2D eigenvalue weighted by atomic mass is 16.3. The molecule has 0 fully saturated rings. The van der Waals surface area contributed by atoms with E-state index < -0.39 is 0 Å². The summed E-state index contributed by atoms with van der Waals surface area (Å²) in [6.07, 6.45) is 4.58. The Kier molecular flexibility index (Phi) is 5.33. The van der Waals surface area contributed by atoms with Crippen molar-refractivity contribution in [2.24, 2.45) is 0 Å². The molecular formula is C23H21N3O2. The van der Waals surface area contributed by atoms with Gasteiger partial charge in [0.25, 0.3) is 0 Å². The molecule has 0 aliphatic carbocycles. The van der Waals surface area contributed by atoms with Crippen molar-refractivity contribution in [1.29, 1.82) is 0 Å². The molecular weight excluding hydrogens is 350 g/mol. The van der Waals surface area contributed by atoms with Crippen molar-refractivity contribution in [2.45, 2.75) is 19.4 Å². The first kappa shape index (κ1) is 17.8. The van der Waals surface area contributed by atoms with Crippen LogP contribution in [0.2, 0.25) is 0 Å². The fourth-order valence-electron chi connectivity index (χ4n) is 3.06. The lowest BCUT2D eigenvalue weighted by Crippen LogP contribution is -2.23. The smallest absolute Gasteiger partial charge is 0.220 e. The van der Waals surface area contributed by atoms with Crippen LogP contribution in [0, 0.1) is 0 Å². The molecule has 0 bridgehead atoms. The molecule has 5 nitrogen and oxygen atoms in total. The summed E-state index contributed by atoms with van der Waals surface area (Å²) in [5, 5.41) is 7.77. The van der Waals surface area contributed by atoms with Crippen LogP contribution in [0.3, 0.4) is 0 Å². The molecule has 4 rings (SSSR count). The highest BCUT2D eigenvalue weighted by molar-refractivity contribution is 5.76. The Morgan fingerprint density at radius 1 is 0.964 bits per heavy atom. The van der Waals surface area contributed by atoms with Gasteiger partial charge in [-0.25, -0.2) is 4.68 Å². The monoisotopic (exact) mass is 371 g/mol. The average Bonchev–Trinajstić information content (AvgIpc) is 3.42. The van der Waals surface area contributed by atoms with Gasteiger partial charge in [0.2, 0.25) is 5.91 Å². The van der Waals surface area contributed by atoms with Crippen molar-refractivity contribution in [3.63, 3.8) is 0 Å². The second-order valence-corrected chi connectivity index (χ2v) is 6.51. The number of aromatic nitrogens is 2. The molecule has 5 heteroatoms. The minimum atomic E-state index is -0.0112. The van der Waals surface area contributed by atoms with E-state index in [1.165, 1.54) is 0 Å². The number of hydrogen-bond donors (Lipinski definition) is 1. The maximum atomic E-state index is 12.3. The summed E-state index contributed by atoms with van der Waals surface area (Å²) in [4.78, 5) is 12.3. The van der Waals surface area contributed by atoms with Crippen LogP contribution >= 0.6 is 0 Å². The number of aryl methyl sites for hydroxylation is 1. The molecule has 0 radical (unpaired) electrons. The summed E-state index contributed by atoms with van der Waals surface area (Å²) in [5.41, 5.74) is 3.85. The molecule has 0 unspecified atom stereocenters. The molecule has 1 amide bonds. The standard InChI is InChI=1S/C23H21N3O2/c27-22(14-13-21-12-7-15-28-21)24-16-19-17-26(20-10-5-2-6-11-20)25-23(19)18-8-3-1-4-9-18/h1-12,15,17H,13-14,16H2,(H,24,27).